The van der Waals surface area contributed by atoms with E-state index in [1.54, 1.807) is 18.2 Å². The lowest BCUT2D eigenvalue weighted by Gasteiger charge is -2.03. The summed E-state index contributed by atoms with van der Waals surface area (Å²) in [5.41, 5.74) is 1.05. The third-order valence-electron chi connectivity index (χ3n) is 2.51. The summed E-state index contributed by atoms with van der Waals surface area (Å²) in [5, 5.41) is 10.8. The van der Waals surface area contributed by atoms with Gasteiger partial charge in [-0.1, -0.05) is 48.5 Å². The molecule has 0 saturated heterocycles. The minimum absolute atomic E-state index is 0.0180. The van der Waals surface area contributed by atoms with Crippen LogP contribution in [0, 0.1) is 10.1 Å². The van der Waals surface area contributed by atoms with E-state index < -0.39 is 4.92 Å². The molecule has 0 unspecified atom stereocenters. The standard InChI is InChI=1S/C15H13NO3/c17-16(18)14-10-4-5-11-15(14)19-12-6-9-13-7-2-1-3-8-13/h1-11H,12H2/b9-6-. The first-order chi connectivity index (χ1) is 9.27. The van der Waals surface area contributed by atoms with Crippen LogP contribution in [0.25, 0.3) is 6.08 Å². The summed E-state index contributed by atoms with van der Waals surface area (Å²) in [7, 11) is 0. The van der Waals surface area contributed by atoms with Crippen LogP contribution in [-0.2, 0) is 0 Å². The summed E-state index contributed by atoms with van der Waals surface area (Å²) in [6.45, 7) is 0.291. The molecule has 4 nitrogen and oxygen atoms in total. The Labute approximate surface area is 111 Å². The van der Waals surface area contributed by atoms with Gasteiger partial charge in [-0.15, -0.1) is 0 Å². The van der Waals surface area contributed by atoms with Gasteiger partial charge >= 0.3 is 5.69 Å². The van der Waals surface area contributed by atoms with Gasteiger partial charge in [0.25, 0.3) is 0 Å². The van der Waals surface area contributed by atoms with Crippen LogP contribution in [0.4, 0.5) is 5.69 Å². The van der Waals surface area contributed by atoms with Crippen LogP contribution in [0.1, 0.15) is 5.56 Å². The zero-order valence-electron chi connectivity index (χ0n) is 10.2. The van der Waals surface area contributed by atoms with E-state index in [9.17, 15) is 10.1 Å². The van der Waals surface area contributed by atoms with E-state index in [1.807, 2.05) is 42.5 Å². The van der Waals surface area contributed by atoms with Gasteiger partial charge in [0.1, 0.15) is 6.61 Å². The van der Waals surface area contributed by atoms with Gasteiger partial charge in [0.15, 0.2) is 5.75 Å². The summed E-state index contributed by atoms with van der Waals surface area (Å²) in [6.07, 6.45) is 3.74. The number of nitro benzene ring substituents is 1. The van der Waals surface area contributed by atoms with E-state index in [-0.39, 0.29) is 11.4 Å². The zero-order chi connectivity index (χ0) is 13.5. The molecule has 0 fully saturated rings. The van der Waals surface area contributed by atoms with Crippen molar-refractivity contribution in [2.75, 3.05) is 6.61 Å². The van der Waals surface area contributed by atoms with Crippen molar-refractivity contribution in [1.29, 1.82) is 0 Å². The first kappa shape index (κ1) is 12.8. The van der Waals surface area contributed by atoms with Gasteiger partial charge in [-0.2, -0.15) is 0 Å². The SMILES string of the molecule is O=[N+]([O-])c1ccccc1OC/C=C\c1ccccc1. The highest BCUT2D eigenvalue weighted by molar-refractivity contribution is 5.49. The van der Waals surface area contributed by atoms with E-state index >= 15 is 0 Å². The van der Waals surface area contributed by atoms with Crippen molar-refractivity contribution < 1.29 is 9.66 Å². The van der Waals surface area contributed by atoms with Crippen LogP contribution in [-0.4, -0.2) is 11.5 Å². The smallest absolute Gasteiger partial charge is 0.310 e. The molecule has 2 rings (SSSR count). The quantitative estimate of drug-likeness (QED) is 0.604. The lowest BCUT2D eigenvalue weighted by molar-refractivity contribution is -0.385. The van der Waals surface area contributed by atoms with Crippen LogP contribution in [0.2, 0.25) is 0 Å². The third kappa shape index (κ3) is 3.67. The minimum Gasteiger partial charge on any atom is -0.483 e. The van der Waals surface area contributed by atoms with Gasteiger partial charge in [-0.3, -0.25) is 10.1 Å². The van der Waals surface area contributed by atoms with Crippen LogP contribution in [0.3, 0.4) is 0 Å². The summed E-state index contributed by atoms with van der Waals surface area (Å²) in [6, 6.07) is 16.1. The average molecular weight is 255 g/mol. The van der Waals surface area contributed by atoms with Crippen molar-refractivity contribution in [3.8, 4) is 5.75 Å². The normalized spacial score (nSPS) is 10.5. The Morgan fingerprint density at radius 2 is 1.74 bits per heavy atom. The number of nitrogens with zero attached hydrogens (tertiary/aromatic N) is 1. The first-order valence-electron chi connectivity index (χ1n) is 5.85. The summed E-state index contributed by atoms with van der Waals surface area (Å²) in [5.74, 6) is 0.283. The molecule has 0 heterocycles. The van der Waals surface area contributed by atoms with E-state index in [0.717, 1.165) is 5.56 Å². The largest absolute Gasteiger partial charge is 0.483 e. The summed E-state index contributed by atoms with van der Waals surface area (Å²) >= 11 is 0. The van der Waals surface area contributed by atoms with Gasteiger partial charge in [0, 0.05) is 6.07 Å². The second-order valence-corrected chi connectivity index (χ2v) is 3.85. The molecule has 96 valence electrons. The Balaban J connectivity index is 1.96. The Hall–Kier alpha value is -2.62. The number of nitro groups is 1. The fraction of sp³-hybridized carbons (Fsp3) is 0.0667. The molecule has 0 N–H and O–H groups in total. The number of benzene rings is 2. The first-order valence-corrected chi connectivity index (χ1v) is 5.85. The predicted molar refractivity (Wildman–Crippen MR) is 74.1 cm³/mol. The van der Waals surface area contributed by atoms with Gasteiger partial charge in [-0.05, 0) is 17.7 Å². The summed E-state index contributed by atoms with van der Waals surface area (Å²) in [4.78, 5) is 10.3. The molecule has 0 radical (unpaired) electrons. The maximum Gasteiger partial charge on any atom is 0.310 e. The van der Waals surface area contributed by atoms with E-state index in [1.165, 1.54) is 6.07 Å². The molecule has 0 atom stereocenters. The van der Waals surface area contributed by atoms with Gasteiger partial charge < -0.3 is 4.74 Å². The molecule has 0 spiro atoms. The Kier molecular flexibility index (Phi) is 4.29. The third-order valence-corrected chi connectivity index (χ3v) is 2.51. The number of hydrogen-bond donors (Lipinski definition) is 0. The second-order valence-electron chi connectivity index (χ2n) is 3.85. The van der Waals surface area contributed by atoms with Gasteiger partial charge in [0.2, 0.25) is 0 Å². The Bertz CT molecular complexity index is 579. The molecule has 0 aliphatic heterocycles. The number of rotatable bonds is 5. The van der Waals surface area contributed by atoms with Crippen LogP contribution in [0.15, 0.2) is 60.7 Å². The van der Waals surface area contributed by atoms with Crippen LogP contribution >= 0.6 is 0 Å². The van der Waals surface area contributed by atoms with E-state index in [0.29, 0.717) is 6.61 Å². The zero-order valence-corrected chi connectivity index (χ0v) is 10.2. The highest BCUT2D eigenvalue weighted by Gasteiger charge is 2.12. The summed E-state index contributed by atoms with van der Waals surface area (Å²) < 4.78 is 5.39. The molecule has 2 aromatic carbocycles. The second kappa shape index (κ2) is 6.35. The molecule has 0 bridgehead atoms. The van der Waals surface area contributed by atoms with Crippen LogP contribution < -0.4 is 4.74 Å². The van der Waals surface area contributed by atoms with Crippen molar-refractivity contribution in [3.05, 3.63) is 76.4 Å². The molecule has 0 aromatic heterocycles. The van der Waals surface area contributed by atoms with Crippen molar-refractivity contribution in [1.82, 2.24) is 0 Å². The van der Waals surface area contributed by atoms with Crippen LogP contribution in [0.5, 0.6) is 5.75 Å². The van der Waals surface area contributed by atoms with Crippen molar-refractivity contribution in [3.63, 3.8) is 0 Å². The molecule has 4 heteroatoms. The Morgan fingerprint density at radius 1 is 1.05 bits per heavy atom. The van der Waals surface area contributed by atoms with Gasteiger partial charge in [-0.25, -0.2) is 0 Å². The lowest BCUT2D eigenvalue weighted by atomic mass is 10.2. The predicted octanol–water partition coefficient (Wildman–Crippen LogP) is 3.69. The molecule has 19 heavy (non-hydrogen) atoms. The maximum atomic E-state index is 10.8. The number of hydrogen-bond acceptors (Lipinski definition) is 3. The monoisotopic (exact) mass is 255 g/mol. The molecule has 0 aliphatic rings. The van der Waals surface area contributed by atoms with E-state index in [2.05, 4.69) is 0 Å². The van der Waals surface area contributed by atoms with Gasteiger partial charge in [0.05, 0.1) is 4.92 Å². The number of para-hydroxylation sites is 2. The van der Waals surface area contributed by atoms with E-state index in [4.69, 9.17) is 4.74 Å². The van der Waals surface area contributed by atoms with Crippen molar-refractivity contribution in [2.45, 2.75) is 0 Å². The molecule has 0 amide bonds. The molecule has 2 aromatic rings. The highest BCUT2D eigenvalue weighted by atomic mass is 16.6. The molecular formula is C15H13NO3. The highest BCUT2D eigenvalue weighted by Crippen LogP contribution is 2.25. The molecular weight excluding hydrogens is 242 g/mol. The fourth-order valence-corrected chi connectivity index (χ4v) is 1.62. The van der Waals surface area contributed by atoms with Crippen molar-refractivity contribution in [2.24, 2.45) is 0 Å². The minimum atomic E-state index is -0.448. The average Bonchev–Trinajstić information content (AvgIpc) is 2.45. The molecule has 0 saturated carbocycles. The Morgan fingerprint density at radius 3 is 2.47 bits per heavy atom. The topological polar surface area (TPSA) is 52.4 Å². The lowest BCUT2D eigenvalue weighted by Crippen LogP contribution is -1.97. The fourth-order valence-electron chi connectivity index (χ4n) is 1.62. The number of ether oxygens (including phenoxy) is 1. The maximum absolute atomic E-state index is 10.8. The molecule has 0 aliphatic carbocycles. The van der Waals surface area contributed by atoms with Crippen molar-refractivity contribution >= 4 is 11.8 Å².